The average molecular weight is 313 g/mol. The highest BCUT2D eigenvalue weighted by atomic mass is 32.2. The SMILES string of the molecule is Cc1cc(CS(=O)(=O)[C@@H](C)C(=O)Nc2cc(C)on2)on1. The van der Waals surface area contributed by atoms with Crippen molar-refractivity contribution in [2.45, 2.75) is 31.8 Å². The Balaban J connectivity index is 2.06. The Labute approximate surface area is 121 Å². The number of carbonyl (C=O) groups excluding carboxylic acids is 1. The van der Waals surface area contributed by atoms with E-state index in [4.69, 9.17) is 9.05 Å². The molecule has 0 saturated heterocycles. The number of carbonyl (C=O) groups is 1. The van der Waals surface area contributed by atoms with E-state index in [1.54, 1.807) is 13.8 Å². The number of anilines is 1. The zero-order chi connectivity index (χ0) is 15.6. The second kappa shape index (κ2) is 5.68. The van der Waals surface area contributed by atoms with Crippen LogP contribution in [0.1, 0.15) is 24.1 Å². The lowest BCUT2D eigenvalue weighted by Gasteiger charge is -2.10. The van der Waals surface area contributed by atoms with Gasteiger partial charge in [0.15, 0.2) is 21.4 Å². The van der Waals surface area contributed by atoms with Crippen LogP contribution < -0.4 is 5.32 Å². The maximum Gasteiger partial charge on any atom is 0.243 e. The zero-order valence-corrected chi connectivity index (χ0v) is 12.6. The van der Waals surface area contributed by atoms with Crippen molar-refractivity contribution in [2.75, 3.05) is 5.32 Å². The molecule has 0 aromatic carbocycles. The first-order valence-electron chi connectivity index (χ1n) is 6.16. The Morgan fingerprint density at radius 2 is 2.00 bits per heavy atom. The number of aryl methyl sites for hydroxylation is 2. The van der Waals surface area contributed by atoms with Crippen LogP contribution in [0, 0.1) is 13.8 Å². The Morgan fingerprint density at radius 1 is 1.29 bits per heavy atom. The molecule has 114 valence electrons. The number of nitrogens with one attached hydrogen (secondary N) is 1. The predicted octanol–water partition coefficient (Wildman–Crippen LogP) is 1.22. The summed E-state index contributed by atoms with van der Waals surface area (Å²) in [5, 5.41) is 8.33. The van der Waals surface area contributed by atoms with Gasteiger partial charge in [0.25, 0.3) is 0 Å². The van der Waals surface area contributed by atoms with Crippen molar-refractivity contribution in [3.8, 4) is 0 Å². The lowest BCUT2D eigenvalue weighted by molar-refractivity contribution is -0.115. The van der Waals surface area contributed by atoms with Crippen LogP contribution in [-0.2, 0) is 20.4 Å². The monoisotopic (exact) mass is 313 g/mol. The van der Waals surface area contributed by atoms with Gasteiger partial charge >= 0.3 is 0 Å². The van der Waals surface area contributed by atoms with Crippen LogP contribution >= 0.6 is 0 Å². The molecule has 0 saturated carbocycles. The van der Waals surface area contributed by atoms with Crippen LogP contribution in [-0.4, -0.2) is 29.9 Å². The molecule has 0 aliphatic heterocycles. The second-order valence-corrected chi connectivity index (χ2v) is 7.02. The molecule has 2 aromatic heterocycles. The average Bonchev–Trinajstić information content (AvgIpc) is 2.97. The first-order valence-corrected chi connectivity index (χ1v) is 7.87. The minimum atomic E-state index is -3.72. The molecule has 0 aliphatic rings. The number of sulfone groups is 1. The van der Waals surface area contributed by atoms with E-state index in [0.29, 0.717) is 11.5 Å². The summed E-state index contributed by atoms with van der Waals surface area (Å²) in [6.07, 6.45) is 0. The summed E-state index contributed by atoms with van der Waals surface area (Å²) in [6.45, 7) is 4.65. The molecule has 0 fully saturated rings. The molecule has 0 radical (unpaired) electrons. The van der Waals surface area contributed by atoms with Crippen molar-refractivity contribution in [3.05, 3.63) is 29.3 Å². The summed E-state index contributed by atoms with van der Waals surface area (Å²) < 4.78 is 34.0. The molecule has 8 nitrogen and oxygen atoms in total. The van der Waals surface area contributed by atoms with Gasteiger partial charge in [0.1, 0.15) is 16.8 Å². The molecule has 1 N–H and O–H groups in total. The number of hydrogen-bond donors (Lipinski definition) is 1. The number of amides is 1. The van der Waals surface area contributed by atoms with Crippen molar-refractivity contribution in [3.63, 3.8) is 0 Å². The van der Waals surface area contributed by atoms with Gasteiger partial charge in [-0.2, -0.15) is 0 Å². The first-order chi connectivity index (χ1) is 9.78. The second-order valence-electron chi connectivity index (χ2n) is 4.70. The molecule has 0 unspecified atom stereocenters. The van der Waals surface area contributed by atoms with Gasteiger partial charge in [-0.25, -0.2) is 8.42 Å². The quantitative estimate of drug-likeness (QED) is 0.882. The van der Waals surface area contributed by atoms with Gasteiger partial charge in [-0.15, -0.1) is 0 Å². The molecular formula is C12H15N3O5S. The molecule has 2 aromatic rings. The summed E-state index contributed by atoms with van der Waals surface area (Å²) in [5.41, 5.74) is 0.579. The summed E-state index contributed by atoms with van der Waals surface area (Å²) in [7, 11) is -3.72. The van der Waals surface area contributed by atoms with Crippen LogP contribution in [0.4, 0.5) is 5.82 Å². The van der Waals surface area contributed by atoms with E-state index in [0.717, 1.165) is 0 Å². The van der Waals surface area contributed by atoms with E-state index in [-0.39, 0.29) is 17.3 Å². The molecule has 2 heterocycles. The Hall–Kier alpha value is -2.16. The molecule has 0 spiro atoms. The third kappa shape index (κ3) is 3.69. The number of nitrogens with zero attached hydrogens (tertiary/aromatic N) is 2. The van der Waals surface area contributed by atoms with Crippen molar-refractivity contribution in [2.24, 2.45) is 0 Å². The fourth-order valence-corrected chi connectivity index (χ4v) is 2.79. The van der Waals surface area contributed by atoms with E-state index in [1.165, 1.54) is 19.1 Å². The van der Waals surface area contributed by atoms with Gasteiger partial charge in [0.2, 0.25) is 5.91 Å². The normalized spacial score (nSPS) is 13.1. The summed E-state index contributed by atoms with van der Waals surface area (Å²) in [4.78, 5) is 11.9. The fourth-order valence-electron chi connectivity index (χ4n) is 1.62. The first kappa shape index (κ1) is 15.2. The number of aromatic nitrogens is 2. The maximum atomic E-state index is 12.2. The van der Waals surface area contributed by atoms with Crippen LogP contribution in [0.2, 0.25) is 0 Å². The van der Waals surface area contributed by atoms with Crippen molar-refractivity contribution in [1.29, 1.82) is 0 Å². The van der Waals surface area contributed by atoms with E-state index in [1.807, 2.05) is 0 Å². The van der Waals surface area contributed by atoms with Gasteiger partial charge in [-0.05, 0) is 20.8 Å². The third-order valence-electron chi connectivity index (χ3n) is 2.81. The molecule has 9 heteroatoms. The molecule has 2 rings (SSSR count). The lowest BCUT2D eigenvalue weighted by atomic mass is 10.4. The number of hydrogen-bond acceptors (Lipinski definition) is 7. The van der Waals surface area contributed by atoms with Gasteiger partial charge in [0, 0.05) is 12.1 Å². The van der Waals surface area contributed by atoms with Crippen LogP contribution in [0.3, 0.4) is 0 Å². The number of rotatable bonds is 5. The van der Waals surface area contributed by atoms with E-state index in [2.05, 4.69) is 15.6 Å². The summed E-state index contributed by atoms with van der Waals surface area (Å²) in [5.74, 6) is -0.183. The summed E-state index contributed by atoms with van der Waals surface area (Å²) >= 11 is 0. The fraction of sp³-hybridized carbons (Fsp3) is 0.417. The van der Waals surface area contributed by atoms with Gasteiger partial charge < -0.3 is 14.4 Å². The molecule has 1 amide bonds. The largest absolute Gasteiger partial charge is 0.360 e. The van der Waals surface area contributed by atoms with Gasteiger partial charge in [0.05, 0.1) is 5.69 Å². The molecule has 21 heavy (non-hydrogen) atoms. The van der Waals surface area contributed by atoms with Crippen LogP contribution in [0.5, 0.6) is 0 Å². The highest BCUT2D eigenvalue weighted by molar-refractivity contribution is 7.92. The Kier molecular flexibility index (Phi) is 4.12. The zero-order valence-electron chi connectivity index (χ0n) is 11.8. The minimum Gasteiger partial charge on any atom is -0.360 e. The van der Waals surface area contributed by atoms with E-state index < -0.39 is 21.0 Å². The molecule has 1 atom stereocenters. The van der Waals surface area contributed by atoms with Crippen LogP contribution in [0.25, 0.3) is 0 Å². The molecular weight excluding hydrogens is 298 g/mol. The smallest absolute Gasteiger partial charge is 0.243 e. The lowest BCUT2D eigenvalue weighted by Crippen LogP contribution is -2.33. The van der Waals surface area contributed by atoms with Crippen molar-refractivity contribution >= 4 is 21.6 Å². The van der Waals surface area contributed by atoms with E-state index >= 15 is 0 Å². The van der Waals surface area contributed by atoms with Crippen molar-refractivity contribution in [1.82, 2.24) is 10.3 Å². The molecule has 0 bridgehead atoms. The maximum absolute atomic E-state index is 12.2. The Bertz CT molecular complexity index is 747. The topological polar surface area (TPSA) is 115 Å². The predicted molar refractivity (Wildman–Crippen MR) is 73.2 cm³/mol. The highest BCUT2D eigenvalue weighted by Gasteiger charge is 2.30. The Morgan fingerprint density at radius 3 is 2.52 bits per heavy atom. The highest BCUT2D eigenvalue weighted by Crippen LogP contribution is 2.14. The van der Waals surface area contributed by atoms with Crippen LogP contribution in [0.15, 0.2) is 21.2 Å². The molecule has 0 aliphatic carbocycles. The summed E-state index contributed by atoms with van der Waals surface area (Å²) in [6, 6.07) is 3.01. The van der Waals surface area contributed by atoms with Gasteiger partial charge in [-0.1, -0.05) is 10.3 Å². The third-order valence-corrected chi connectivity index (χ3v) is 4.79. The van der Waals surface area contributed by atoms with E-state index in [9.17, 15) is 13.2 Å². The minimum absolute atomic E-state index is 0.176. The van der Waals surface area contributed by atoms with Gasteiger partial charge in [-0.3, -0.25) is 4.79 Å². The van der Waals surface area contributed by atoms with Crippen molar-refractivity contribution < 1.29 is 22.3 Å². The standard InChI is InChI=1S/C12H15N3O5S/c1-7-4-10(20-14-7)6-21(17,18)9(3)12(16)13-11-5-8(2)19-15-11/h4-5,9H,6H2,1-3H3,(H,13,15,16)/t9-/m0/s1.